The molecule has 176 valence electrons. The Balaban J connectivity index is 1.08. The van der Waals surface area contributed by atoms with Crippen LogP contribution in [0.3, 0.4) is 0 Å². The van der Waals surface area contributed by atoms with Gasteiger partial charge >= 0.3 is 0 Å². The van der Waals surface area contributed by atoms with E-state index in [-0.39, 0.29) is 6.10 Å². The van der Waals surface area contributed by atoms with Gasteiger partial charge in [0.25, 0.3) is 0 Å². The molecule has 0 spiro atoms. The zero-order valence-electron chi connectivity index (χ0n) is 19.0. The van der Waals surface area contributed by atoms with Gasteiger partial charge in [-0.25, -0.2) is 0 Å². The van der Waals surface area contributed by atoms with Crippen LogP contribution in [0.5, 0.6) is 11.5 Å². The van der Waals surface area contributed by atoms with Crippen molar-refractivity contribution in [1.29, 1.82) is 0 Å². The molecule has 0 aliphatic carbocycles. The number of hydrogen-bond acceptors (Lipinski definition) is 9. The fourth-order valence-electron chi connectivity index (χ4n) is 4.29. The number of nitrogens with one attached hydrogen (secondary N) is 2. The van der Waals surface area contributed by atoms with Crippen molar-refractivity contribution in [1.82, 2.24) is 25.4 Å². The maximum Gasteiger partial charge on any atom is 0.179 e. The van der Waals surface area contributed by atoms with Gasteiger partial charge in [-0.2, -0.15) is 0 Å². The minimum Gasteiger partial charge on any atom is -0.495 e. The van der Waals surface area contributed by atoms with E-state index in [4.69, 9.17) is 18.9 Å². The molecule has 2 N–H and O–H groups in total. The molecular weight excluding hydrogens is 422 g/mol. The summed E-state index contributed by atoms with van der Waals surface area (Å²) in [5.41, 5.74) is 3.16. The SMILES string of the molecule is COC1=CNC2=CC=CN(CCN3CCO[C@@H](CNCc4cc5c(cn4)OCCO5)C3)C2=C1. The number of morpholine rings is 1. The van der Waals surface area contributed by atoms with Crippen LogP contribution < -0.4 is 20.1 Å². The highest BCUT2D eigenvalue weighted by atomic mass is 16.6. The molecular formula is C24H31N5O4. The summed E-state index contributed by atoms with van der Waals surface area (Å²) in [6.07, 6.45) is 12.1. The van der Waals surface area contributed by atoms with Gasteiger partial charge in [0, 0.05) is 63.8 Å². The van der Waals surface area contributed by atoms with E-state index in [9.17, 15) is 0 Å². The number of fused-ring (bicyclic) bond motifs is 2. The molecule has 1 fully saturated rings. The summed E-state index contributed by atoms with van der Waals surface area (Å²) in [7, 11) is 1.69. The third-order valence-electron chi connectivity index (χ3n) is 6.04. The van der Waals surface area contributed by atoms with Gasteiger partial charge in [-0.15, -0.1) is 0 Å². The molecule has 0 aromatic carbocycles. The minimum absolute atomic E-state index is 0.155. The van der Waals surface area contributed by atoms with Crippen LogP contribution in [0.2, 0.25) is 0 Å². The molecule has 4 aliphatic heterocycles. The van der Waals surface area contributed by atoms with Gasteiger partial charge < -0.3 is 34.5 Å². The van der Waals surface area contributed by atoms with Gasteiger partial charge in [-0.05, 0) is 12.2 Å². The summed E-state index contributed by atoms with van der Waals surface area (Å²) in [6.45, 7) is 7.07. The molecule has 4 aliphatic rings. The standard InChI is InChI=1S/C24H31N5O4/c1-30-19-12-22-21(27-15-19)3-2-4-29(22)6-5-28-7-8-31-20(17-28)14-25-13-18-11-23-24(16-26-18)33-10-9-32-23/h2-4,11-12,15-16,20,25,27H,5-10,13-14,17H2,1H3/t20-/m0/s1. The molecule has 0 unspecified atom stereocenters. The smallest absolute Gasteiger partial charge is 0.179 e. The van der Waals surface area contributed by atoms with Crippen molar-refractivity contribution >= 4 is 0 Å². The molecule has 1 saturated heterocycles. The lowest BCUT2D eigenvalue weighted by molar-refractivity contribution is -0.0280. The van der Waals surface area contributed by atoms with Crippen LogP contribution in [0.15, 0.2) is 60.0 Å². The summed E-state index contributed by atoms with van der Waals surface area (Å²) < 4.78 is 22.6. The Bertz CT molecular complexity index is 974. The second-order valence-electron chi connectivity index (χ2n) is 8.28. The first kappa shape index (κ1) is 21.8. The van der Waals surface area contributed by atoms with Crippen molar-refractivity contribution in [2.75, 3.05) is 59.7 Å². The highest BCUT2D eigenvalue weighted by molar-refractivity contribution is 5.43. The molecule has 5 heterocycles. The Morgan fingerprint density at radius 2 is 2.12 bits per heavy atom. The van der Waals surface area contributed by atoms with E-state index < -0.39 is 0 Å². The van der Waals surface area contributed by atoms with Gasteiger partial charge in [0.1, 0.15) is 19.0 Å². The van der Waals surface area contributed by atoms with Crippen molar-refractivity contribution in [3.05, 3.63) is 65.7 Å². The summed E-state index contributed by atoms with van der Waals surface area (Å²) in [5.74, 6) is 2.32. The number of pyridine rings is 1. The van der Waals surface area contributed by atoms with Crippen LogP contribution in [0, 0.1) is 0 Å². The van der Waals surface area contributed by atoms with Gasteiger partial charge in [-0.1, -0.05) is 0 Å². The second-order valence-corrected chi connectivity index (χ2v) is 8.28. The van der Waals surface area contributed by atoms with E-state index in [0.717, 1.165) is 73.7 Å². The van der Waals surface area contributed by atoms with E-state index in [2.05, 4.69) is 49.8 Å². The third kappa shape index (κ3) is 5.32. The van der Waals surface area contributed by atoms with Crippen LogP contribution in [-0.4, -0.2) is 80.5 Å². The van der Waals surface area contributed by atoms with Gasteiger partial charge in [0.05, 0.1) is 43.1 Å². The summed E-state index contributed by atoms with van der Waals surface area (Å²) in [4.78, 5) is 9.19. The van der Waals surface area contributed by atoms with E-state index in [1.807, 2.05) is 12.3 Å². The molecule has 0 bridgehead atoms. The quantitative estimate of drug-likeness (QED) is 0.606. The predicted molar refractivity (Wildman–Crippen MR) is 123 cm³/mol. The molecule has 33 heavy (non-hydrogen) atoms. The van der Waals surface area contributed by atoms with Crippen LogP contribution in [0.25, 0.3) is 0 Å². The Morgan fingerprint density at radius 3 is 3.03 bits per heavy atom. The highest BCUT2D eigenvalue weighted by Gasteiger charge is 2.23. The minimum atomic E-state index is 0.155. The third-order valence-corrected chi connectivity index (χ3v) is 6.04. The van der Waals surface area contributed by atoms with Crippen LogP contribution >= 0.6 is 0 Å². The Kier molecular flexibility index (Phi) is 6.80. The molecule has 1 atom stereocenters. The number of ether oxygens (including phenoxy) is 4. The predicted octanol–water partition coefficient (Wildman–Crippen LogP) is 1.33. The first-order valence-corrected chi connectivity index (χ1v) is 11.5. The maximum absolute atomic E-state index is 5.99. The normalized spacial score (nSPS) is 22.0. The Morgan fingerprint density at radius 1 is 1.21 bits per heavy atom. The average Bonchev–Trinajstić information content (AvgIpc) is 2.87. The fourth-order valence-corrected chi connectivity index (χ4v) is 4.29. The lowest BCUT2D eigenvalue weighted by atomic mass is 10.1. The largest absolute Gasteiger partial charge is 0.495 e. The lowest BCUT2D eigenvalue weighted by Gasteiger charge is -2.36. The van der Waals surface area contributed by atoms with Crippen LogP contribution in [-0.2, 0) is 16.0 Å². The molecule has 0 saturated carbocycles. The van der Waals surface area contributed by atoms with Gasteiger partial charge in [0.15, 0.2) is 11.5 Å². The molecule has 1 aromatic rings. The monoisotopic (exact) mass is 453 g/mol. The first-order chi connectivity index (χ1) is 16.3. The zero-order valence-corrected chi connectivity index (χ0v) is 19.0. The number of hydrogen-bond donors (Lipinski definition) is 2. The number of allylic oxidation sites excluding steroid dienone is 3. The van der Waals surface area contributed by atoms with Crippen LogP contribution in [0.1, 0.15) is 5.69 Å². The first-order valence-electron chi connectivity index (χ1n) is 11.5. The lowest BCUT2D eigenvalue weighted by Crippen LogP contribution is -2.48. The summed E-state index contributed by atoms with van der Waals surface area (Å²) in [5, 5.41) is 6.78. The molecule has 9 heteroatoms. The van der Waals surface area contributed by atoms with Crippen molar-refractivity contribution in [3.63, 3.8) is 0 Å². The van der Waals surface area contributed by atoms with Crippen molar-refractivity contribution < 1.29 is 18.9 Å². The topological polar surface area (TPSA) is 80.4 Å². The van der Waals surface area contributed by atoms with Crippen molar-refractivity contribution in [2.45, 2.75) is 12.6 Å². The van der Waals surface area contributed by atoms with E-state index in [1.165, 1.54) is 0 Å². The second kappa shape index (κ2) is 10.3. The van der Waals surface area contributed by atoms with Gasteiger partial charge in [0.2, 0.25) is 0 Å². The molecule has 0 amide bonds. The van der Waals surface area contributed by atoms with Gasteiger partial charge in [-0.3, -0.25) is 9.88 Å². The average molecular weight is 454 g/mol. The van der Waals surface area contributed by atoms with E-state index in [0.29, 0.717) is 19.8 Å². The van der Waals surface area contributed by atoms with Crippen molar-refractivity contribution in [3.8, 4) is 11.5 Å². The maximum atomic E-state index is 5.99. The van der Waals surface area contributed by atoms with E-state index in [1.54, 1.807) is 13.3 Å². The number of nitrogens with zero attached hydrogens (tertiary/aromatic N) is 3. The number of rotatable bonds is 8. The zero-order chi connectivity index (χ0) is 22.5. The molecule has 0 radical (unpaired) electrons. The summed E-state index contributed by atoms with van der Waals surface area (Å²) in [6, 6.07) is 1.95. The highest BCUT2D eigenvalue weighted by Crippen LogP contribution is 2.29. The molecule has 1 aromatic heterocycles. The Hall–Kier alpha value is -3.01. The molecule has 5 rings (SSSR count). The van der Waals surface area contributed by atoms with E-state index >= 15 is 0 Å². The van der Waals surface area contributed by atoms with Crippen LogP contribution in [0.4, 0.5) is 0 Å². The fraction of sp³-hybridized carbons (Fsp3) is 0.458. The van der Waals surface area contributed by atoms with Crippen molar-refractivity contribution in [2.24, 2.45) is 0 Å². The Labute approximate surface area is 194 Å². The number of dihydropyridines is 1. The molecule has 9 nitrogen and oxygen atoms in total. The summed E-state index contributed by atoms with van der Waals surface area (Å²) >= 11 is 0. The number of methoxy groups -OCH3 is 1. The number of aromatic nitrogens is 1.